The van der Waals surface area contributed by atoms with E-state index in [0.717, 1.165) is 5.56 Å². The Kier molecular flexibility index (Phi) is 3.91. The number of thiophene rings is 1. The van der Waals surface area contributed by atoms with Crippen molar-refractivity contribution in [1.82, 2.24) is 0 Å². The highest BCUT2D eigenvalue weighted by atomic mass is 79.9. The fourth-order valence-electron chi connectivity index (χ4n) is 1.62. The molecule has 0 N–H and O–H groups in total. The summed E-state index contributed by atoms with van der Waals surface area (Å²) in [6.07, 6.45) is 0. The fourth-order valence-corrected chi connectivity index (χ4v) is 3.69. The van der Waals surface area contributed by atoms with Gasteiger partial charge in [-0.1, -0.05) is 33.6 Å². The third-order valence-electron chi connectivity index (χ3n) is 2.56. The molecule has 1 unspecified atom stereocenters. The fraction of sp³-hybridized carbons (Fsp3) is 0.231. The van der Waals surface area contributed by atoms with Crippen molar-refractivity contribution in [1.29, 1.82) is 0 Å². The van der Waals surface area contributed by atoms with Gasteiger partial charge in [-0.05, 0) is 43.2 Å². The summed E-state index contributed by atoms with van der Waals surface area (Å²) in [6, 6.07) is 7.31. The molecule has 0 radical (unpaired) electrons. The van der Waals surface area contributed by atoms with Crippen molar-refractivity contribution < 1.29 is 4.39 Å². The Bertz CT molecular complexity index is 550. The average Bonchev–Trinajstić information content (AvgIpc) is 2.69. The van der Waals surface area contributed by atoms with Crippen LogP contribution in [0.5, 0.6) is 0 Å². The van der Waals surface area contributed by atoms with Gasteiger partial charge in [0.25, 0.3) is 0 Å². The maximum atomic E-state index is 13.3. The molecule has 2 rings (SSSR count). The molecule has 0 nitrogen and oxygen atoms in total. The van der Waals surface area contributed by atoms with E-state index in [4.69, 9.17) is 11.6 Å². The molecule has 1 atom stereocenters. The van der Waals surface area contributed by atoms with Gasteiger partial charge >= 0.3 is 0 Å². The summed E-state index contributed by atoms with van der Waals surface area (Å²) in [4.78, 5) is 2.45. The number of hydrogen-bond donors (Lipinski definition) is 0. The number of aryl methyl sites for hydroxylation is 2. The number of hydrogen-bond acceptors (Lipinski definition) is 1. The van der Waals surface area contributed by atoms with Crippen molar-refractivity contribution in [3.8, 4) is 0 Å². The van der Waals surface area contributed by atoms with Gasteiger partial charge < -0.3 is 0 Å². The molecule has 0 aliphatic rings. The summed E-state index contributed by atoms with van der Waals surface area (Å²) in [7, 11) is 0. The second kappa shape index (κ2) is 5.09. The van der Waals surface area contributed by atoms with E-state index in [0.29, 0.717) is 10.6 Å². The summed E-state index contributed by atoms with van der Waals surface area (Å²) in [6.45, 7) is 3.81. The van der Waals surface area contributed by atoms with Crippen LogP contribution in [0.3, 0.4) is 0 Å². The van der Waals surface area contributed by atoms with E-state index in [-0.39, 0.29) is 10.6 Å². The Morgan fingerprint density at radius 1 is 1.29 bits per heavy atom. The standard InChI is InChI=1S/C13H11BrClFS/c1-7-5-9(10(15)6-11(7)16)13(14)12-4-3-8(2)17-12/h3-6,13H,1-2H3. The van der Waals surface area contributed by atoms with E-state index < -0.39 is 0 Å². The van der Waals surface area contributed by atoms with Crippen molar-refractivity contribution >= 4 is 38.9 Å². The summed E-state index contributed by atoms with van der Waals surface area (Å²) in [5.74, 6) is -0.263. The van der Waals surface area contributed by atoms with Crippen LogP contribution in [-0.4, -0.2) is 0 Å². The van der Waals surface area contributed by atoms with Crippen molar-refractivity contribution in [2.45, 2.75) is 18.7 Å². The van der Waals surface area contributed by atoms with Crippen LogP contribution in [0.2, 0.25) is 5.02 Å². The van der Waals surface area contributed by atoms with Gasteiger partial charge in [0.2, 0.25) is 0 Å². The second-order valence-electron chi connectivity index (χ2n) is 3.93. The molecule has 0 saturated carbocycles. The van der Waals surface area contributed by atoms with Crippen LogP contribution in [0.25, 0.3) is 0 Å². The Hall–Kier alpha value is -0.380. The largest absolute Gasteiger partial charge is 0.207 e. The van der Waals surface area contributed by atoms with Crippen molar-refractivity contribution in [2.24, 2.45) is 0 Å². The van der Waals surface area contributed by atoms with Crippen LogP contribution in [0.4, 0.5) is 4.39 Å². The number of halogens is 3. The molecule has 0 fully saturated rings. The van der Waals surface area contributed by atoms with Crippen LogP contribution >= 0.6 is 38.9 Å². The average molecular weight is 334 g/mol. The molecule has 0 aliphatic carbocycles. The van der Waals surface area contributed by atoms with Gasteiger partial charge in [0.05, 0.1) is 4.83 Å². The lowest BCUT2D eigenvalue weighted by Gasteiger charge is -2.12. The number of rotatable bonds is 2. The van der Waals surface area contributed by atoms with Crippen LogP contribution in [0.15, 0.2) is 24.3 Å². The molecule has 90 valence electrons. The molecule has 1 heterocycles. The van der Waals surface area contributed by atoms with E-state index in [1.807, 2.05) is 0 Å². The van der Waals surface area contributed by atoms with E-state index in [1.54, 1.807) is 24.3 Å². The first kappa shape index (κ1) is 13.1. The molecular weight excluding hydrogens is 323 g/mol. The van der Waals surface area contributed by atoms with Gasteiger partial charge in [0.15, 0.2) is 0 Å². The highest BCUT2D eigenvalue weighted by molar-refractivity contribution is 9.09. The molecular formula is C13H11BrClFS. The molecule has 2 aromatic rings. The summed E-state index contributed by atoms with van der Waals surface area (Å²) < 4.78 is 13.3. The number of alkyl halides is 1. The topological polar surface area (TPSA) is 0 Å². The Labute approximate surface area is 118 Å². The predicted molar refractivity (Wildman–Crippen MR) is 76.0 cm³/mol. The lowest BCUT2D eigenvalue weighted by Crippen LogP contribution is -1.94. The van der Waals surface area contributed by atoms with Crippen molar-refractivity contribution in [3.05, 3.63) is 56.0 Å². The summed E-state index contributed by atoms with van der Waals surface area (Å²) in [5.41, 5.74) is 1.52. The summed E-state index contributed by atoms with van der Waals surface area (Å²) in [5, 5.41) is 0.459. The van der Waals surface area contributed by atoms with E-state index in [9.17, 15) is 4.39 Å². The first-order chi connectivity index (χ1) is 7.99. The zero-order valence-electron chi connectivity index (χ0n) is 9.43. The zero-order chi connectivity index (χ0) is 12.6. The quantitative estimate of drug-likeness (QED) is 0.624. The SMILES string of the molecule is Cc1ccc(C(Br)c2cc(C)c(F)cc2Cl)s1. The van der Waals surface area contributed by atoms with Gasteiger partial charge in [-0.2, -0.15) is 0 Å². The highest BCUT2D eigenvalue weighted by Gasteiger charge is 2.17. The van der Waals surface area contributed by atoms with Crippen LogP contribution < -0.4 is 0 Å². The van der Waals surface area contributed by atoms with Crippen LogP contribution in [0, 0.1) is 19.7 Å². The third-order valence-corrected chi connectivity index (χ3v) is 5.24. The van der Waals surface area contributed by atoms with Gasteiger partial charge in [-0.25, -0.2) is 4.39 Å². The molecule has 0 aliphatic heterocycles. The third kappa shape index (κ3) is 2.72. The summed E-state index contributed by atoms with van der Waals surface area (Å²) >= 11 is 11.4. The predicted octanol–water partition coefficient (Wildman–Crippen LogP) is 5.64. The van der Waals surface area contributed by atoms with E-state index in [2.05, 4.69) is 35.0 Å². The molecule has 0 amide bonds. The maximum absolute atomic E-state index is 13.3. The Balaban J connectivity index is 2.43. The lowest BCUT2D eigenvalue weighted by atomic mass is 10.1. The lowest BCUT2D eigenvalue weighted by molar-refractivity contribution is 0.618. The first-order valence-electron chi connectivity index (χ1n) is 5.15. The maximum Gasteiger partial charge on any atom is 0.127 e. The molecule has 4 heteroatoms. The van der Waals surface area contributed by atoms with Crippen molar-refractivity contribution in [3.63, 3.8) is 0 Å². The molecule has 1 aromatic heterocycles. The molecule has 0 bridgehead atoms. The zero-order valence-corrected chi connectivity index (χ0v) is 12.6. The minimum Gasteiger partial charge on any atom is -0.207 e. The molecule has 17 heavy (non-hydrogen) atoms. The molecule has 0 spiro atoms. The molecule has 0 saturated heterocycles. The normalized spacial score (nSPS) is 12.8. The minimum absolute atomic E-state index is 0.0213. The van der Waals surface area contributed by atoms with E-state index >= 15 is 0 Å². The first-order valence-corrected chi connectivity index (χ1v) is 7.26. The Morgan fingerprint density at radius 2 is 2.00 bits per heavy atom. The van der Waals surface area contributed by atoms with Gasteiger partial charge in [-0.3, -0.25) is 0 Å². The minimum atomic E-state index is -0.263. The van der Waals surface area contributed by atoms with Crippen molar-refractivity contribution in [2.75, 3.05) is 0 Å². The van der Waals surface area contributed by atoms with Crippen LogP contribution in [0.1, 0.15) is 25.7 Å². The van der Waals surface area contributed by atoms with E-state index in [1.165, 1.54) is 15.8 Å². The highest BCUT2D eigenvalue weighted by Crippen LogP contribution is 2.39. The Morgan fingerprint density at radius 3 is 2.59 bits per heavy atom. The van der Waals surface area contributed by atoms with Gasteiger partial charge in [0, 0.05) is 14.8 Å². The van der Waals surface area contributed by atoms with Gasteiger partial charge in [0.1, 0.15) is 5.82 Å². The monoisotopic (exact) mass is 332 g/mol. The smallest absolute Gasteiger partial charge is 0.127 e. The number of benzene rings is 1. The van der Waals surface area contributed by atoms with Crippen LogP contribution in [-0.2, 0) is 0 Å². The van der Waals surface area contributed by atoms with Gasteiger partial charge in [-0.15, -0.1) is 11.3 Å². The molecule has 1 aromatic carbocycles. The second-order valence-corrected chi connectivity index (χ2v) is 6.58.